The van der Waals surface area contributed by atoms with Gasteiger partial charge in [0.2, 0.25) is 5.91 Å². The number of carbonyl (C=O) groups excluding carboxylic acids is 1. The summed E-state index contributed by atoms with van der Waals surface area (Å²) in [5, 5.41) is 8.78. The van der Waals surface area contributed by atoms with Gasteiger partial charge in [0.25, 0.3) is 0 Å². The van der Waals surface area contributed by atoms with Crippen LogP contribution in [0.5, 0.6) is 0 Å². The van der Waals surface area contributed by atoms with Crippen molar-refractivity contribution >= 4 is 5.91 Å². The molecule has 1 aliphatic rings. The number of likely N-dealkylation sites (N-methyl/N-ethyl adjacent to an activating group) is 1. The fraction of sp³-hybridized carbons (Fsp3) is 0.500. The number of carbonyl (C=O) groups is 1. The van der Waals surface area contributed by atoms with E-state index in [0.29, 0.717) is 6.42 Å². The van der Waals surface area contributed by atoms with Gasteiger partial charge in [-0.2, -0.15) is 13.2 Å². The molecule has 0 heterocycles. The summed E-state index contributed by atoms with van der Waals surface area (Å²) in [5.74, 6) is -0.252. The molecule has 2 rings (SSSR count). The minimum absolute atomic E-state index is 0.00840. The van der Waals surface area contributed by atoms with Crippen molar-refractivity contribution in [3.63, 3.8) is 0 Å². The average Bonchev–Trinajstić information content (AvgIpc) is 3.17. The molecule has 0 spiro atoms. The monoisotopic (exact) mass is 287 g/mol. The molecule has 1 aromatic carbocycles. The van der Waals surface area contributed by atoms with Crippen molar-refractivity contribution in [1.29, 1.82) is 0 Å². The molecule has 20 heavy (non-hydrogen) atoms. The van der Waals surface area contributed by atoms with E-state index in [1.807, 2.05) is 0 Å². The van der Waals surface area contributed by atoms with Crippen LogP contribution in [-0.2, 0) is 11.0 Å². The van der Waals surface area contributed by atoms with Gasteiger partial charge in [-0.1, -0.05) is 12.1 Å². The van der Waals surface area contributed by atoms with Gasteiger partial charge < -0.3 is 10.0 Å². The Morgan fingerprint density at radius 2 is 1.95 bits per heavy atom. The van der Waals surface area contributed by atoms with Crippen molar-refractivity contribution in [2.75, 3.05) is 20.2 Å². The summed E-state index contributed by atoms with van der Waals surface area (Å²) in [4.78, 5) is 13.4. The number of aliphatic hydroxyl groups excluding tert-OH is 1. The smallest absolute Gasteiger partial charge is 0.395 e. The van der Waals surface area contributed by atoms with Gasteiger partial charge in [0.15, 0.2) is 0 Å². The molecule has 2 atom stereocenters. The van der Waals surface area contributed by atoms with Crippen LogP contribution in [0.4, 0.5) is 13.2 Å². The number of aliphatic hydroxyl groups is 1. The molecule has 110 valence electrons. The minimum Gasteiger partial charge on any atom is -0.395 e. The Morgan fingerprint density at radius 1 is 1.35 bits per heavy atom. The first kappa shape index (κ1) is 14.8. The van der Waals surface area contributed by atoms with Gasteiger partial charge in [0, 0.05) is 19.5 Å². The molecule has 3 nitrogen and oxygen atoms in total. The minimum atomic E-state index is -4.33. The molecule has 1 saturated carbocycles. The maximum absolute atomic E-state index is 12.4. The fourth-order valence-corrected chi connectivity index (χ4v) is 2.30. The molecule has 1 N–H and O–H groups in total. The summed E-state index contributed by atoms with van der Waals surface area (Å²) in [6.45, 7) is 0.176. The van der Waals surface area contributed by atoms with Crippen LogP contribution in [0.15, 0.2) is 24.3 Å². The lowest BCUT2D eigenvalue weighted by Gasteiger charge is -2.15. The molecule has 0 aromatic heterocycles. The van der Waals surface area contributed by atoms with Crippen LogP contribution >= 0.6 is 0 Å². The number of alkyl halides is 3. The van der Waals surface area contributed by atoms with Crippen molar-refractivity contribution in [2.45, 2.75) is 18.5 Å². The Hall–Kier alpha value is -1.56. The van der Waals surface area contributed by atoms with Gasteiger partial charge in [-0.15, -0.1) is 0 Å². The van der Waals surface area contributed by atoms with E-state index in [9.17, 15) is 18.0 Å². The van der Waals surface area contributed by atoms with E-state index in [0.717, 1.165) is 17.7 Å². The third-order valence-corrected chi connectivity index (χ3v) is 3.59. The van der Waals surface area contributed by atoms with E-state index < -0.39 is 11.7 Å². The molecule has 1 amide bonds. The Labute approximate surface area is 115 Å². The van der Waals surface area contributed by atoms with Crippen LogP contribution in [-0.4, -0.2) is 36.1 Å². The number of nitrogens with zero attached hydrogens (tertiary/aromatic N) is 1. The highest BCUT2D eigenvalue weighted by molar-refractivity contribution is 5.82. The lowest BCUT2D eigenvalue weighted by Crippen LogP contribution is -2.31. The Balaban J connectivity index is 2.00. The summed E-state index contributed by atoms with van der Waals surface area (Å²) in [6.07, 6.45) is -3.68. The first-order valence-corrected chi connectivity index (χ1v) is 6.37. The number of halogens is 3. The number of hydrogen-bond acceptors (Lipinski definition) is 2. The second kappa shape index (κ2) is 5.44. The van der Waals surface area contributed by atoms with Crippen LogP contribution in [0.2, 0.25) is 0 Å². The van der Waals surface area contributed by atoms with Gasteiger partial charge in [-0.05, 0) is 30.0 Å². The van der Waals surface area contributed by atoms with Crippen molar-refractivity contribution in [1.82, 2.24) is 4.90 Å². The van der Waals surface area contributed by atoms with Crippen molar-refractivity contribution in [3.8, 4) is 0 Å². The van der Waals surface area contributed by atoms with Crippen LogP contribution in [0.3, 0.4) is 0 Å². The zero-order valence-corrected chi connectivity index (χ0v) is 11.0. The molecule has 0 radical (unpaired) electrons. The van der Waals surface area contributed by atoms with Crippen LogP contribution in [0, 0.1) is 5.92 Å². The molecule has 0 bridgehead atoms. The molecule has 1 fully saturated rings. The van der Waals surface area contributed by atoms with Gasteiger partial charge >= 0.3 is 6.18 Å². The predicted octanol–water partition coefficient (Wildman–Crippen LogP) is 2.26. The lowest BCUT2D eigenvalue weighted by molar-refractivity contribution is -0.137. The van der Waals surface area contributed by atoms with Gasteiger partial charge in [-0.3, -0.25) is 4.79 Å². The fourth-order valence-electron chi connectivity index (χ4n) is 2.30. The van der Waals surface area contributed by atoms with Gasteiger partial charge in [-0.25, -0.2) is 0 Å². The summed E-state index contributed by atoms with van der Waals surface area (Å²) >= 11 is 0. The van der Waals surface area contributed by atoms with Crippen LogP contribution < -0.4 is 0 Å². The third kappa shape index (κ3) is 3.12. The standard InChI is InChI=1S/C14H16F3NO2/c1-18(6-7-19)13(20)12-8-11(12)9-2-4-10(5-3-9)14(15,16)17/h2-5,11-12,19H,6-8H2,1H3. The van der Waals surface area contributed by atoms with Crippen molar-refractivity contribution in [3.05, 3.63) is 35.4 Å². The molecular formula is C14H16F3NO2. The van der Waals surface area contributed by atoms with Crippen molar-refractivity contribution in [2.24, 2.45) is 5.92 Å². The average molecular weight is 287 g/mol. The molecule has 1 aliphatic carbocycles. The van der Waals surface area contributed by atoms with Gasteiger partial charge in [0.1, 0.15) is 0 Å². The predicted molar refractivity (Wildman–Crippen MR) is 67.0 cm³/mol. The Bertz CT molecular complexity index is 484. The van der Waals surface area contributed by atoms with E-state index in [4.69, 9.17) is 5.11 Å². The highest BCUT2D eigenvalue weighted by Gasteiger charge is 2.45. The summed E-state index contributed by atoms with van der Waals surface area (Å²) < 4.78 is 37.3. The first-order chi connectivity index (χ1) is 9.34. The Morgan fingerprint density at radius 3 is 2.45 bits per heavy atom. The SMILES string of the molecule is CN(CCO)C(=O)C1CC1c1ccc(C(F)(F)F)cc1. The number of rotatable bonds is 4. The van der Waals surface area contributed by atoms with E-state index in [1.54, 1.807) is 7.05 Å². The zero-order valence-electron chi connectivity index (χ0n) is 11.0. The molecule has 0 saturated heterocycles. The van der Waals surface area contributed by atoms with Crippen molar-refractivity contribution < 1.29 is 23.1 Å². The molecule has 0 aliphatic heterocycles. The number of hydrogen-bond donors (Lipinski definition) is 1. The van der Waals surface area contributed by atoms with Gasteiger partial charge in [0.05, 0.1) is 12.2 Å². The largest absolute Gasteiger partial charge is 0.416 e. The summed E-state index contributed by atoms with van der Waals surface area (Å²) in [6, 6.07) is 4.97. The van der Waals surface area contributed by atoms with E-state index in [1.165, 1.54) is 17.0 Å². The van der Waals surface area contributed by atoms with E-state index in [2.05, 4.69) is 0 Å². The van der Waals surface area contributed by atoms with Crippen LogP contribution in [0.25, 0.3) is 0 Å². The molecule has 2 unspecified atom stereocenters. The summed E-state index contributed by atoms with van der Waals surface area (Å²) in [7, 11) is 1.61. The molecular weight excluding hydrogens is 271 g/mol. The van der Waals surface area contributed by atoms with E-state index >= 15 is 0 Å². The van der Waals surface area contributed by atoms with E-state index in [-0.39, 0.29) is 30.9 Å². The highest BCUT2D eigenvalue weighted by atomic mass is 19.4. The number of amides is 1. The first-order valence-electron chi connectivity index (χ1n) is 6.37. The topological polar surface area (TPSA) is 40.5 Å². The normalized spacial score (nSPS) is 21.6. The lowest BCUT2D eigenvalue weighted by atomic mass is 10.1. The maximum Gasteiger partial charge on any atom is 0.416 e. The third-order valence-electron chi connectivity index (χ3n) is 3.59. The quantitative estimate of drug-likeness (QED) is 0.923. The second-order valence-corrected chi connectivity index (χ2v) is 5.05. The second-order valence-electron chi connectivity index (χ2n) is 5.05. The molecule has 6 heteroatoms. The number of benzene rings is 1. The van der Waals surface area contributed by atoms with Crippen LogP contribution in [0.1, 0.15) is 23.5 Å². The highest BCUT2D eigenvalue weighted by Crippen LogP contribution is 2.48. The zero-order chi connectivity index (χ0) is 14.9. The maximum atomic E-state index is 12.4. The summed E-state index contributed by atoms with van der Waals surface area (Å²) in [5.41, 5.74) is 0.0796. The molecule has 1 aromatic rings. The Kier molecular flexibility index (Phi) is 4.04.